The van der Waals surface area contributed by atoms with Gasteiger partial charge in [-0.15, -0.1) is 0 Å². The number of rotatable bonds is 3. The highest BCUT2D eigenvalue weighted by Crippen LogP contribution is 2.07. The van der Waals surface area contributed by atoms with E-state index in [1.807, 2.05) is 4.83 Å². The van der Waals surface area contributed by atoms with Crippen molar-refractivity contribution in [3.05, 3.63) is 34.9 Å². The van der Waals surface area contributed by atoms with Crippen LogP contribution in [0.25, 0.3) is 0 Å². The van der Waals surface area contributed by atoms with Gasteiger partial charge >= 0.3 is 0 Å². The summed E-state index contributed by atoms with van der Waals surface area (Å²) in [5.74, 6) is 0. The maximum atomic E-state index is 10.6. The van der Waals surface area contributed by atoms with Gasteiger partial charge in [-0.25, -0.2) is 13.2 Å². The summed E-state index contributed by atoms with van der Waals surface area (Å²) < 4.78 is 21.3. The van der Waals surface area contributed by atoms with Gasteiger partial charge in [0, 0.05) is 5.02 Å². The largest absolute Gasteiger partial charge is 0.244 e. The van der Waals surface area contributed by atoms with Gasteiger partial charge in [-0.05, 0) is 17.7 Å². The van der Waals surface area contributed by atoms with Gasteiger partial charge in [0.2, 0.25) is 10.0 Å². The molecule has 1 aromatic carbocycles. The Balaban J connectivity index is 2.65. The van der Waals surface area contributed by atoms with Crippen LogP contribution in [0.4, 0.5) is 0 Å². The minimum atomic E-state index is -3.28. The van der Waals surface area contributed by atoms with Crippen LogP contribution >= 0.6 is 11.6 Å². The third-order valence-electron chi connectivity index (χ3n) is 1.30. The van der Waals surface area contributed by atoms with Crippen molar-refractivity contribution in [2.75, 3.05) is 6.26 Å². The standard InChI is InChI=1S/C8H9ClN2O2S/c1-14(12,13)11-10-6-7-2-4-8(9)5-3-7/h2-6,11H,1H3/b10-6+. The number of hydrazone groups is 1. The second kappa shape index (κ2) is 4.43. The molecule has 0 unspecified atom stereocenters. The molecule has 0 spiro atoms. The van der Waals surface area contributed by atoms with Crippen LogP contribution < -0.4 is 4.83 Å². The molecular formula is C8H9ClN2O2S. The van der Waals surface area contributed by atoms with Crippen LogP contribution in [0.5, 0.6) is 0 Å². The molecule has 1 rings (SSSR count). The van der Waals surface area contributed by atoms with Gasteiger partial charge in [-0.3, -0.25) is 0 Å². The SMILES string of the molecule is CS(=O)(=O)N/N=C/c1ccc(Cl)cc1. The first-order valence-electron chi connectivity index (χ1n) is 3.73. The molecule has 76 valence electrons. The average molecular weight is 233 g/mol. The highest BCUT2D eigenvalue weighted by atomic mass is 35.5. The molecule has 1 N–H and O–H groups in total. The smallest absolute Gasteiger partial charge is 0.206 e. The van der Waals surface area contributed by atoms with E-state index in [1.54, 1.807) is 24.3 Å². The third-order valence-corrected chi connectivity index (χ3v) is 1.99. The maximum absolute atomic E-state index is 10.6. The normalized spacial score (nSPS) is 11.9. The molecule has 0 saturated heterocycles. The van der Waals surface area contributed by atoms with Crippen molar-refractivity contribution in [3.8, 4) is 0 Å². The molecule has 0 radical (unpaired) electrons. The van der Waals surface area contributed by atoms with Crippen LogP contribution in [0, 0.1) is 0 Å². The fourth-order valence-electron chi connectivity index (χ4n) is 0.745. The van der Waals surface area contributed by atoms with Crippen LogP contribution in [0.1, 0.15) is 5.56 Å². The molecule has 0 atom stereocenters. The zero-order valence-electron chi connectivity index (χ0n) is 7.44. The number of benzene rings is 1. The predicted molar refractivity (Wildman–Crippen MR) is 57.0 cm³/mol. The highest BCUT2D eigenvalue weighted by molar-refractivity contribution is 7.88. The number of nitrogens with one attached hydrogen (secondary N) is 1. The minimum Gasteiger partial charge on any atom is -0.206 e. The van der Waals surface area contributed by atoms with E-state index in [0.29, 0.717) is 5.02 Å². The third kappa shape index (κ3) is 4.25. The van der Waals surface area contributed by atoms with Gasteiger partial charge in [0.05, 0.1) is 12.5 Å². The van der Waals surface area contributed by atoms with E-state index in [2.05, 4.69) is 5.10 Å². The van der Waals surface area contributed by atoms with E-state index in [9.17, 15) is 8.42 Å². The Morgan fingerprint density at radius 2 is 1.93 bits per heavy atom. The van der Waals surface area contributed by atoms with Crippen LogP contribution in [0.2, 0.25) is 5.02 Å². The van der Waals surface area contributed by atoms with Crippen molar-refractivity contribution >= 4 is 27.8 Å². The molecule has 0 aliphatic carbocycles. The molecule has 4 nitrogen and oxygen atoms in total. The fraction of sp³-hybridized carbons (Fsp3) is 0.125. The molecule has 0 aliphatic heterocycles. The number of nitrogens with zero attached hydrogens (tertiary/aromatic N) is 1. The van der Waals surface area contributed by atoms with Gasteiger partial charge in [-0.1, -0.05) is 23.7 Å². The van der Waals surface area contributed by atoms with Gasteiger partial charge in [-0.2, -0.15) is 5.10 Å². The zero-order chi connectivity index (χ0) is 10.6. The summed E-state index contributed by atoms with van der Waals surface area (Å²) in [7, 11) is -3.28. The van der Waals surface area contributed by atoms with E-state index in [0.717, 1.165) is 11.8 Å². The van der Waals surface area contributed by atoms with Gasteiger partial charge in [0.1, 0.15) is 0 Å². The maximum Gasteiger partial charge on any atom is 0.244 e. The number of halogens is 1. The fourth-order valence-corrected chi connectivity index (χ4v) is 1.12. The lowest BCUT2D eigenvalue weighted by molar-refractivity contribution is 0.591. The zero-order valence-corrected chi connectivity index (χ0v) is 9.01. The first kappa shape index (κ1) is 11.0. The first-order valence-corrected chi connectivity index (χ1v) is 6.00. The van der Waals surface area contributed by atoms with Crippen molar-refractivity contribution in [2.24, 2.45) is 5.10 Å². The van der Waals surface area contributed by atoms with Gasteiger partial charge in [0.25, 0.3) is 0 Å². The lowest BCUT2D eigenvalue weighted by Crippen LogP contribution is -2.15. The summed E-state index contributed by atoms with van der Waals surface area (Å²) >= 11 is 5.66. The Bertz CT molecular complexity index is 425. The number of sulfonamides is 1. The van der Waals surface area contributed by atoms with Crippen molar-refractivity contribution in [2.45, 2.75) is 0 Å². The first-order chi connectivity index (χ1) is 6.47. The number of hydrogen-bond acceptors (Lipinski definition) is 3. The molecule has 6 heteroatoms. The molecule has 0 amide bonds. The molecule has 0 heterocycles. The van der Waals surface area contributed by atoms with Gasteiger partial charge in [0.15, 0.2) is 0 Å². The molecule has 0 aliphatic rings. The second-order valence-electron chi connectivity index (χ2n) is 2.67. The van der Waals surface area contributed by atoms with Crippen LogP contribution in [0.3, 0.4) is 0 Å². The summed E-state index contributed by atoms with van der Waals surface area (Å²) in [5, 5.41) is 4.16. The van der Waals surface area contributed by atoms with Crippen LogP contribution in [0.15, 0.2) is 29.4 Å². The van der Waals surface area contributed by atoms with Crippen molar-refractivity contribution in [3.63, 3.8) is 0 Å². The predicted octanol–water partition coefficient (Wildman–Crippen LogP) is 1.22. The Hall–Kier alpha value is -1.07. The van der Waals surface area contributed by atoms with E-state index < -0.39 is 10.0 Å². The van der Waals surface area contributed by atoms with Crippen molar-refractivity contribution in [1.82, 2.24) is 4.83 Å². The summed E-state index contributed by atoms with van der Waals surface area (Å²) in [6.07, 6.45) is 2.43. The summed E-state index contributed by atoms with van der Waals surface area (Å²) in [4.78, 5) is 1.99. The van der Waals surface area contributed by atoms with Crippen molar-refractivity contribution < 1.29 is 8.42 Å². The van der Waals surface area contributed by atoms with Crippen molar-refractivity contribution in [1.29, 1.82) is 0 Å². The van der Waals surface area contributed by atoms with Crippen LogP contribution in [-0.2, 0) is 10.0 Å². The highest BCUT2D eigenvalue weighted by Gasteiger charge is 1.94. The molecule has 0 aromatic heterocycles. The number of hydrogen-bond donors (Lipinski definition) is 1. The Morgan fingerprint density at radius 1 is 1.36 bits per heavy atom. The molecule has 0 saturated carbocycles. The van der Waals surface area contributed by atoms with E-state index in [-0.39, 0.29) is 0 Å². The lowest BCUT2D eigenvalue weighted by atomic mass is 10.2. The quantitative estimate of drug-likeness (QED) is 0.629. The van der Waals surface area contributed by atoms with E-state index in [1.165, 1.54) is 6.21 Å². The topological polar surface area (TPSA) is 58.5 Å². The molecular weight excluding hydrogens is 224 g/mol. The average Bonchev–Trinajstić information content (AvgIpc) is 2.06. The van der Waals surface area contributed by atoms with E-state index in [4.69, 9.17) is 11.6 Å². The molecule has 14 heavy (non-hydrogen) atoms. The Labute approximate surface area is 87.6 Å². The molecule has 0 bridgehead atoms. The van der Waals surface area contributed by atoms with Gasteiger partial charge < -0.3 is 0 Å². The molecule has 1 aromatic rings. The lowest BCUT2D eigenvalue weighted by Gasteiger charge is -1.95. The Kier molecular flexibility index (Phi) is 3.49. The van der Waals surface area contributed by atoms with Crippen LogP contribution in [-0.4, -0.2) is 20.9 Å². The second-order valence-corrected chi connectivity index (χ2v) is 4.84. The monoisotopic (exact) mass is 232 g/mol. The summed E-state index contributed by atoms with van der Waals surface area (Å²) in [6.45, 7) is 0. The van der Waals surface area contributed by atoms with E-state index >= 15 is 0 Å². The summed E-state index contributed by atoms with van der Waals surface area (Å²) in [6, 6.07) is 6.86. The minimum absolute atomic E-state index is 0.623. The summed E-state index contributed by atoms with van der Waals surface area (Å²) in [5.41, 5.74) is 0.769. The Morgan fingerprint density at radius 3 is 2.43 bits per heavy atom. The molecule has 0 fully saturated rings.